The number of carbonyl (C=O) groups is 1. The fourth-order valence-electron chi connectivity index (χ4n) is 5.14. The van der Waals surface area contributed by atoms with Crippen LogP contribution < -0.4 is 20.7 Å². The van der Waals surface area contributed by atoms with Gasteiger partial charge in [0, 0.05) is 19.2 Å². The summed E-state index contributed by atoms with van der Waals surface area (Å²) < 4.78 is 13.6. The second-order valence-electron chi connectivity index (χ2n) is 9.64. The van der Waals surface area contributed by atoms with Gasteiger partial charge in [0.05, 0.1) is 36.7 Å². The van der Waals surface area contributed by atoms with Crippen LogP contribution >= 0.6 is 11.3 Å². The maximum absolute atomic E-state index is 14.2. The van der Waals surface area contributed by atoms with Gasteiger partial charge in [0.2, 0.25) is 0 Å². The molecule has 0 spiro atoms. The Bertz CT molecular complexity index is 1670. The van der Waals surface area contributed by atoms with Crippen LogP contribution in [0.2, 0.25) is 0 Å². The van der Waals surface area contributed by atoms with Crippen molar-refractivity contribution in [3.8, 4) is 17.2 Å². The van der Waals surface area contributed by atoms with Gasteiger partial charge in [-0.3, -0.25) is 14.2 Å². The Morgan fingerprint density at radius 2 is 1.59 bits per heavy atom. The number of hydrogen-bond donors (Lipinski definition) is 0. The van der Waals surface area contributed by atoms with Crippen molar-refractivity contribution in [3.63, 3.8) is 0 Å². The van der Waals surface area contributed by atoms with Crippen molar-refractivity contribution in [3.05, 3.63) is 83.9 Å². The van der Waals surface area contributed by atoms with Crippen molar-refractivity contribution in [2.45, 2.75) is 48.1 Å². The van der Waals surface area contributed by atoms with E-state index in [1.54, 1.807) is 34.6 Å². The molecular weight excluding hydrogens is 514 g/mol. The van der Waals surface area contributed by atoms with Gasteiger partial charge in [-0.15, -0.1) is 11.3 Å². The van der Waals surface area contributed by atoms with E-state index < -0.39 is 11.2 Å². The van der Waals surface area contributed by atoms with Crippen LogP contribution in [-0.2, 0) is 6.54 Å². The molecule has 2 aromatic carbocycles. The quantitative estimate of drug-likeness (QED) is 0.309. The van der Waals surface area contributed by atoms with Gasteiger partial charge in [0.25, 0.3) is 11.5 Å². The van der Waals surface area contributed by atoms with Crippen molar-refractivity contribution in [2.24, 2.45) is 0 Å². The molecule has 2 aromatic heterocycles. The molecule has 0 unspecified atom stereocenters. The number of aromatic nitrogens is 2. The first-order chi connectivity index (χ1) is 18.6. The number of nitrogens with zero attached hydrogens (tertiary/aromatic N) is 3. The Morgan fingerprint density at radius 3 is 2.15 bits per heavy atom. The van der Waals surface area contributed by atoms with E-state index in [0.717, 1.165) is 26.8 Å². The molecule has 1 amide bonds. The molecule has 0 atom stereocenters. The summed E-state index contributed by atoms with van der Waals surface area (Å²) in [4.78, 5) is 44.4. The molecule has 0 saturated carbocycles. The van der Waals surface area contributed by atoms with Crippen molar-refractivity contribution < 1.29 is 14.3 Å². The molecule has 2 heterocycles. The fraction of sp³-hybridized carbons (Fsp3) is 0.367. The van der Waals surface area contributed by atoms with E-state index in [-0.39, 0.29) is 12.5 Å². The zero-order valence-corrected chi connectivity index (χ0v) is 24.6. The molecule has 9 heteroatoms. The zero-order valence-electron chi connectivity index (χ0n) is 23.8. The molecule has 0 aliphatic rings. The summed E-state index contributed by atoms with van der Waals surface area (Å²) in [6.45, 7) is 13.1. The third-order valence-electron chi connectivity index (χ3n) is 7.24. The predicted molar refractivity (Wildman–Crippen MR) is 157 cm³/mol. The molecular formula is C30H35N3O5S. The molecule has 0 N–H and O–H groups in total. The Morgan fingerprint density at radius 1 is 0.949 bits per heavy atom. The van der Waals surface area contributed by atoms with E-state index in [4.69, 9.17) is 9.47 Å². The first-order valence-corrected chi connectivity index (χ1v) is 13.8. The fourth-order valence-corrected chi connectivity index (χ4v) is 6.40. The van der Waals surface area contributed by atoms with E-state index in [2.05, 4.69) is 12.1 Å². The summed E-state index contributed by atoms with van der Waals surface area (Å²) in [6, 6.07) is 9.13. The number of aryl methyl sites for hydroxylation is 4. The van der Waals surface area contributed by atoms with Crippen LogP contribution in [0.3, 0.4) is 0 Å². The standard InChI is InChI=1S/C30H35N3O5S/c1-9-31(10-2)28(35)26-20(6)25-27(34)33(23-12-11-21(37-7)15-24(23)38-8)30(36)32(29(25)39-26)16-22-18(4)13-17(3)14-19(22)5/h11-15H,9-10,16H2,1-8H3. The van der Waals surface area contributed by atoms with Gasteiger partial charge >= 0.3 is 5.69 Å². The van der Waals surface area contributed by atoms with Crippen LogP contribution in [-0.4, -0.2) is 47.3 Å². The normalized spacial score (nSPS) is 11.2. The number of fused-ring (bicyclic) bond motifs is 1. The summed E-state index contributed by atoms with van der Waals surface area (Å²) in [6.07, 6.45) is 0. The smallest absolute Gasteiger partial charge is 0.337 e. The minimum atomic E-state index is -0.501. The monoisotopic (exact) mass is 549 g/mol. The molecule has 8 nitrogen and oxygen atoms in total. The maximum Gasteiger partial charge on any atom is 0.337 e. The van der Waals surface area contributed by atoms with E-state index in [1.165, 1.54) is 25.6 Å². The topological polar surface area (TPSA) is 82.8 Å². The highest BCUT2D eigenvalue weighted by Crippen LogP contribution is 2.32. The van der Waals surface area contributed by atoms with E-state index in [9.17, 15) is 14.4 Å². The maximum atomic E-state index is 14.2. The van der Waals surface area contributed by atoms with Crippen molar-refractivity contribution in [1.29, 1.82) is 0 Å². The second kappa shape index (κ2) is 11.1. The highest BCUT2D eigenvalue weighted by atomic mass is 32.1. The minimum absolute atomic E-state index is 0.145. The van der Waals surface area contributed by atoms with Crippen LogP contribution in [0.15, 0.2) is 39.9 Å². The highest BCUT2D eigenvalue weighted by Gasteiger charge is 2.27. The van der Waals surface area contributed by atoms with Crippen LogP contribution in [0, 0.1) is 27.7 Å². The van der Waals surface area contributed by atoms with Crippen molar-refractivity contribution >= 4 is 27.5 Å². The third-order valence-corrected chi connectivity index (χ3v) is 8.54. The van der Waals surface area contributed by atoms with Gasteiger partial charge in [-0.1, -0.05) is 17.7 Å². The van der Waals surface area contributed by atoms with Crippen LogP contribution in [0.4, 0.5) is 0 Å². The van der Waals surface area contributed by atoms with Gasteiger partial charge in [0.1, 0.15) is 16.3 Å². The van der Waals surface area contributed by atoms with Gasteiger partial charge in [-0.05, 0) is 75.9 Å². The summed E-state index contributed by atoms with van der Waals surface area (Å²) >= 11 is 1.21. The summed E-state index contributed by atoms with van der Waals surface area (Å²) in [5, 5.41) is 0.357. The lowest BCUT2D eigenvalue weighted by Crippen LogP contribution is -2.39. The van der Waals surface area contributed by atoms with Gasteiger partial charge in [0.15, 0.2) is 0 Å². The molecule has 0 bridgehead atoms. The van der Waals surface area contributed by atoms with E-state index in [0.29, 0.717) is 50.9 Å². The van der Waals surface area contributed by atoms with Crippen LogP contribution in [0.1, 0.15) is 51.3 Å². The molecule has 4 aromatic rings. The number of hydrogen-bond acceptors (Lipinski definition) is 6. The molecule has 206 valence electrons. The number of amides is 1. The third kappa shape index (κ3) is 4.87. The summed E-state index contributed by atoms with van der Waals surface area (Å²) in [5.74, 6) is 0.720. The molecule has 39 heavy (non-hydrogen) atoms. The zero-order chi connectivity index (χ0) is 28.6. The molecule has 0 aliphatic carbocycles. The number of methoxy groups -OCH3 is 2. The molecule has 0 radical (unpaired) electrons. The molecule has 0 aliphatic heterocycles. The van der Waals surface area contributed by atoms with Gasteiger partial charge in [-0.2, -0.15) is 0 Å². The van der Waals surface area contributed by atoms with E-state index in [1.807, 2.05) is 34.6 Å². The number of carbonyl (C=O) groups excluding carboxylic acids is 1. The summed E-state index contributed by atoms with van der Waals surface area (Å²) in [7, 11) is 3.02. The lowest BCUT2D eigenvalue weighted by molar-refractivity contribution is 0.0777. The predicted octanol–water partition coefficient (Wildman–Crippen LogP) is 5.00. The van der Waals surface area contributed by atoms with Gasteiger partial charge < -0.3 is 14.4 Å². The first kappa shape index (κ1) is 28.2. The molecule has 4 rings (SSSR count). The minimum Gasteiger partial charge on any atom is -0.497 e. The average molecular weight is 550 g/mol. The average Bonchev–Trinajstić information content (AvgIpc) is 3.25. The summed E-state index contributed by atoms with van der Waals surface area (Å²) in [5.41, 5.74) is 4.14. The van der Waals surface area contributed by atoms with Crippen LogP contribution in [0.25, 0.3) is 15.9 Å². The van der Waals surface area contributed by atoms with Crippen molar-refractivity contribution in [1.82, 2.24) is 14.0 Å². The number of rotatable bonds is 8. The number of thiophene rings is 1. The van der Waals surface area contributed by atoms with Crippen molar-refractivity contribution in [2.75, 3.05) is 27.3 Å². The largest absolute Gasteiger partial charge is 0.497 e. The Balaban J connectivity index is 2.11. The Labute approximate surface area is 232 Å². The second-order valence-corrected chi connectivity index (χ2v) is 10.6. The lowest BCUT2D eigenvalue weighted by atomic mass is 10.00. The lowest BCUT2D eigenvalue weighted by Gasteiger charge is -2.17. The highest BCUT2D eigenvalue weighted by molar-refractivity contribution is 7.20. The molecule has 0 saturated heterocycles. The number of ether oxygens (including phenoxy) is 2. The Hall–Kier alpha value is -3.85. The van der Waals surface area contributed by atoms with Crippen LogP contribution in [0.5, 0.6) is 11.5 Å². The molecule has 0 fully saturated rings. The Kier molecular flexibility index (Phi) is 8.02. The van der Waals surface area contributed by atoms with E-state index >= 15 is 0 Å². The first-order valence-electron chi connectivity index (χ1n) is 12.9. The SMILES string of the molecule is CCN(CC)C(=O)c1sc2c(c1C)c(=O)n(-c1ccc(OC)cc1OC)c(=O)n2Cc1c(C)cc(C)cc1C. The number of benzene rings is 2. The van der Waals surface area contributed by atoms with Gasteiger partial charge in [-0.25, -0.2) is 9.36 Å².